The van der Waals surface area contributed by atoms with Crippen LogP contribution in [0, 0.1) is 24.1 Å². The van der Waals surface area contributed by atoms with Crippen LogP contribution in [0.5, 0.6) is 5.88 Å². The summed E-state index contributed by atoms with van der Waals surface area (Å²) < 4.78 is 61.0. The number of carbonyl (C=O) groups excluding carboxylic acids is 1. The Bertz CT molecular complexity index is 1640. The van der Waals surface area contributed by atoms with Gasteiger partial charge >= 0.3 is 6.18 Å². The van der Waals surface area contributed by atoms with E-state index in [0.29, 0.717) is 22.3 Å². The van der Waals surface area contributed by atoms with Gasteiger partial charge in [-0.25, -0.2) is 9.37 Å². The fourth-order valence-electron chi connectivity index (χ4n) is 4.78. The molecule has 0 aliphatic heterocycles. The Morgan fingerprint density at radius 2 is 1.95 bits per heavy atom. The molecule has 7 nitrogen and oxygen atoms in total. The Kier molecular flexibility index (Phi) is 7.70. The van der Waals surface area contributed by atoms with Gasteiger partial charge in [-0.05, 0) is 84.3 Å². The van der Waals surface area contributed by atoms with Crippen molar-refractivity contribution in [2.45, 2.75) is 38.5 Å². The van der Waals surface area contributed by atoms with Crippen LogP contribution in [0.3, 0.4) is 0 Å². The van der Waals surface area contributed by atoms with Crippen molar-refractivity contribution in [2.24, 2.45) is 13.0 Å². The molecule has 1 fully saturated rings. The molecule has 0 saturated heterocycles. The maximum absolute atomic E-state index is 13.9. The maximum atomic E-state index is 13.9. The summed E-state index contributed by atoms with van der Waals surface area (Å²) >= 11 is 0. The number of rotatable bonds is 9. The summed E-state index contributed by atoms with van der Waals surface area (Å²) in [5.41, 5.74) is 3.22. The van der Waals surface area contributed by atoms with E-state index in [9.17, 15) is 22.4 Å². The predicted octanol–water partition coefficient (Wildman–Crippen LogP) is 5.69. The number of ether oxygens (including phenoxy) is 1. The van der Waals surface area contributed by atoms with E-state index in [1.165, 1.54) is 12.3 Å². The number of amides is 1. The molecule has 0 spiro atoms. The summed E-state index contributed by atoms with van der Waals surface area (Å²) in [4.78, 5) is 17.7. The van der Waals surface area contributed by atoms with E-state index in [1.54, 1.807) is 78.0 Å². The molecule has 0 bridgehead atoms. The highest BCUT2D eigenvalue weighted by molar-refractivity contribution is 5.96. The Morgan fingerprint density at radius 3 is 2.61 bits per heavy atom. The van der Waals surface area contributed by atoms with Crippen LogP contribution in [0.1, 0.15) is 45.9 Å². The number of benzene rings is 2. The highest BCUT2D eigenvalue weighted by atomic mass is 19.4. The number of hydrogen-bond acceptors (Lipinski definition) is 4. The Balaban J connectivity index is 1.52. The van der Waals surface area contributed by atoms with E-state index in [-0.39, 0.29) is 47.3 Å². The van der Waals surface area contributed by atoms with E-state index in [1.807, 2.05) is 0 Å². The van der Waals surface area contributed by atoms with Crippen molar-refractivity contribution in [3.8, 4) is 17.0 Å². The van der Waals surface area contributed by atoms with Gasteiger partial charge in [-0.2, -0.15) is 13.2 Å². The van der Waals surface area contributed by atoms with Crippen molar-refractivity contribution < 1.29 is 27.1 Å². The molecule has 1 atom stereocenters. The van der Waals surface area contributed by atoms with Gasteiger partial charge in [0.25, 0.3) is 5.91 Å². The van der Waals surface area contributed by atoms with Gasteiger partial charge < -0.3 is 19.2 Å². The van der Waals surface area contributed by atoms with E-state index in [4.69, 9.17) is 10.1 Å². The smallest absolute Gasteiger partial charge is 0.422 e. The van der Waals surface area contributed by atoms with Crippen LogP contribution in [0.2, 0.25) is 0 Å². The third kappa shape index (κ3) is 6.67. The van der Waals surface area contributed by atoms with E-state index in [0.717, 1.165) is 18.4 Å². The van der Waals surface area contributed by atoms with Gasteiger partial charge in [0, 0.05) is 36.8 Å². The third-order valence-corrected chi connectivity index (χ3v) is 7.06. The molecule has 1 unspecified atom stereocenters. The van der Waals surface area contributed by atoms with E-state index >= 15 is 0 Å². The molecular formula is C30H29F4N5O2. The molecule has 2 aromatic heterocycles. The van der Waals surface area contributed by atoms with Crippen LogP contribution in [0.15, 0.2) is 67.1 Å². The molecule has 1 saturated carbocycles. The standard InChI is InChI=1S/C30H29F4N5O2/c1-18-12-21(7-8-25(18)31)26(20-5-6-20)37-27(40)23-14-19(16-39-11-10-38(2)29(39)35)13-22(15-23)24-4-3-9-36-28(24)41-17-30(32,33)34/h3-4,7-15,20,26,35H,5-6,16-17H2,1-2H3,(H,37,40). The number of halogens is 4. The average molecular weight is 568 g/mol. The number of alkyl halides is 3. The van der Waals surface area contributed by atoms with Crippen molar-refractivity contribution in [1.29, 1.82) is 5.41 Å². The highest BCUT2D eigenvalue weighted by Gasteiger charge is 2.34. The minimum atomic E-state index is -4.55. The van der Waals surface area contributed by atoms with Crippen LogP contribution in [0.25, 0.3) is 11.1 Å². The number of pyridine rings is 1. The number of imidazole rings is 1. The predicted molar refractivity (Wildman–Crippen MR) is 144 cm³/mol. The number of nitrogens with zero attached hydrogens (tertiary/aromatic N) is 3. The second-order valence-corrected chi connectivity index (χ2v) is 10.3. The van der Waals surface area contributed by atoms with Crippen molar-refractivity contribution in [1.82, 2.24) is 19.4 Å². The molecular weight excluding hydrogens is 538 g/mol. The zero-order valence-electron chi connectivity index (χ0n) is 22.5. The van der Waals surface area contributed by atoms with Crippen LogP contribution in [-0.2, 0) is 13.6 Å². The number of aromatic nitrogens is 3. The van der Waals surface area contributed by atoms with Crippen LogP contribution in [0.4, 0.5) is 17.6 Å². The SMILES string of the molecule is Cc1cc(C(NC(=O)c2cc(Cn3ccn(C)c3=N)cc(-c3cccnc3OCC(F)(F)F)c2)C2CC2)ccc1F. The fourth-order valence-corrected chi connectivity index (χ4v) is 4.78. The molecule has 2 heterocycles. The van der Waals surface area contributed by atoms with Gasteiger partial charge in [0.05, 0.1) is 12.6 Å². The molecule has 214 valence electrons. The highest BCUT2D eigenvalue weighted by Crippen LogP contribution is 2.41. The quantitative estimate of drug-likeness (QED) is 0.255. The van der Waals surface area contributed by atoms with Gasteiger partial charge in [0.15, 0.2) is 6.61 Å². The lowest BCUT2D eigenvalue weighted by atomic mass is 9.97. The zero-order valence-corrected chi connectivity index (χ0v) is 22.5. The maximum Gasteiger partial charge on any atom is 0.422 e. The lowest BCUT2D eigenvalue weighted by Crippen LogP contribution is -2.30. The van der Waals surface area contributed by atoms with Crippen molar-refractivity contribution in [3.63, 3.8) is 0 Å². The van der Waals surface area contributed by atoms with Crippen molar-refractivity contribution in [2.75, 3.05) is 6.61 Å². The molecule has 2 aromatic carbocycles. The Hall–Kier alpha value is -4.41. The number of carbonyl (C=O) groups is 1. The van der Waals surface area contributed by atoms with Crippen LogP contribution >= 0.6 is 0 Å². The van der Waals surface area contributed by atoms with Crippen molar-refractivity contribution in [3.05, 3.63) is 101 Å². The average Bonchev–Trinajstić information content (AvgIpc) is 3.74. The van der Waals surface area contributed by atoms with Crippen LogP contribution in [-0.4, -0.2) is 32.8 Å². The summed E-state index contributed by atoms with van der Waals surface area (Å²) in [7, 11) is 1.74. The number of aryl methyl sites for hydroxylation is 2. The van der Waals surface area contributed by atoms with Gasteiger partial charge in [0.2, 0.25) is 11.5 Å². The van der Waals surface area contributed by atoms with Gasteiger partial charge in [-0.15, -0.1) is 0 Å². The molecule has 41 heavy (non-hydrogen) atoms. The van der Waals surface area contributed by atoms with E-state index in [2.05, 4.69) is 10.3 Å². The topological polar surface area (TPSA) is 84.9 Å². The molecule has 1 amide bonds. The number of hydrogen-bond donors (Lipinski definition) is 2. The second kappa shape index (κ2) is 11.2. The van der Waals surface area contributed by atoms with Gasteiger partial charge in [-0.3, -0.25) is 10.2 Å². The van der Waals surface area contributed by atoms with E-state index < -0.39 is 12.8 Å². The Morgan fingerprint density at radius 1 is 1.17 bits per heavy atom. The largest absolute Gasteiger partial charge is 0.468 e. The molecule has 1 aliphatic carbocycles. The third-order valence-electron chi connectivity index (χ3n) is 7.06. The monoisotopic (exact) mass is 567 g/mol. The summed E-state index contributed by atoms with van der Waals surface area (Å²) in [6.45, 7) is 0.413. The van der Waals surface area contributed by atoms with Gasteiger partial charge in [-0.1, -0.05) is 12.1 Å². The first-order valence-corrected chi connectivity index (χ1v) is 13.1. The normalized spacial score (nSPS) is 14.1. The molecule has 0 radical (unpaired) electrons. The fraction of sp³-hybridized carbons (Fsp3) is 0.300. The summed E-state index contributed by atoms with van der Waals surface area (Å²) in [5.74, 6) is -0.686. The first-order chi connectivity index (χ1) is 19.5. The lowest BCUT2D eigenvalue weighted by Gasteiger charge is -2.20. The molecule has 11 heteroatoms. The number of nitrogens with one attached hydrogen (secondary N) is 2. The first-order valence-electron chi connectivity index (χ1n) is 13.1. The summed E-state index contributed by atoms with van der Waals surface area (Å²) in [6.07, 6.45) is 2.11. The summed E-state index contributed by atoms with van der Waals surface area (Å²) in [5, 5.41) is 11.4. The first kappa shape index (κ1) is 28.1. The van der Waals surface area contributed by atoms with Crippen LogP contribution < -0.4 is 15.7 Å². The van der Waals surface area contributed by atoms with Gasteiger partial charge in [0.1, 0.15) is 5.82 Å². The lowest BCUT2D eigenvalue weighted by molar-refractivity contribution is -0.154. The second-order valence-electron chi connectivity index (χ2n) is 10.3. The Labute approximate surface area is 233 Å². The minimum Gasteiger partial charge on any atom is -0.468 e. The minimum absolute atomic E-state index is 0.209. The van der Waals surface area contributed by atoms with Crippen molar-refractivity contribution >= 4 is 5.91 Å². The molecule has 4 aromatic rings. The molecule has 1 aliphatic rings. The zero-order chi connectivity index (χ0) is 29.3. The molecule has 5 rings (SSSR count). The molecule has 2 N–H and O–H groups in total. The summed E-state index contributed by atoms with van der Waals surface area (Å²) in [6, 6.07) is 12.7.